The second-order valence-corrected chi connectivity index (χ2v) is 7.88. The van der Waals surface area contributed by atoms with Crippen molar-refractivity contribution in [3.05, 3.63) is 72.7 Å². The highest BCUT2D eigenvalue weighted by molar-refractivity contribution is 14.1. The van der Waals surface area contributed by atoms with Gasteiger partial charge in [0.2, 0.25) is 0 Å². The van der Waals surface area contributed by atoms with E-state index in [1.54, 1.807) is 24.3 Å². The number of nitrogens with one attached hydrogen (secondary N) is 1. The van der Waals surface area contributed by atoms with Crippen LogP contribution in [0.4, 0.5) is 5.69 Å². The Morgan fingerprint density at radius 2 is 1.96 bits per heavy atom. The Morgan fingerprint density at radius 1 is 1.24 bits per heavy atom. The number of benzene rings is 2. The van der Waals surface area contributed by atoms with Crippen LogP contribution in [-0.4, -0.2) is 10.9 Å². The van der Waals surface area contributed by atoms with Crippen molar-refractivity contribution in [1.82, 2.24) is 4.98 Å². The molecule has 0 aliphatic carbocycles. The minimum absolute atomic E-state index is 0.156. The molecule has 0 aliphatic heterocycles. The maximum Gasteiger partial charge on any atom is 0.267 e. The third-order valence-corrected chi connectivity index (χ3v) is 5.67. The summed E-state index contributed by atoms with van der Waals surface area (Å²) in [6.07, 6.45) is 0. The fraction of sp³-hybridized carbons (Fsp3) is 0.111. The minimum atomic E-state index is -0.156. The number of aromatic nitrogens is 1. The number of nitrogens with zero attached hydrogens (tertiary/aromatic N) is 1. The zero-order valence-corrected chi connectivity index (χ0v) is 17.0. The van der Waals surface area contributed by atoms with Gasteiger partial charge in [-0.15, -0.1) is 11.3 Å². The van der Waals surface area contributed by atoms with Gasteiger partial charge in [-0.25, -0.2) is 4.98 Å². The van der Waals surface area contributed by atoms with Gasteiger partial charge in [0.1, 0.15) is 22.2 Å². The van der Waals surface area contributed by atoms with E-state index in [-0.39, 0.29) is 5.91 Å². The summed E-state index contributed by atoms with van der Waals surface area (Å²) in [4.78, 5) is 17.5. The predicted molar refractivity (Wildman–Crippen MR) is 110 cm³/mol. The second kappa shape index (κ2) is 8.16. The molecule has 1 aromatic heterocycles. The van der Waals surface area contributed by atoms with E-state index in [9.17, 15) is 4.79 Å². The van der Waals surface area contributed by atoms with Gasteiger partial charge in [0.15, 0.2) is 0 Å². The zero-order chi connectivity index (χ0) is 17.8. The average molecular weight is 485 g/mol. The molecule has 3 aromatic rings. The Hall–Kier alpha value is -1.64. The number of amides is 1. The molecule has 0 bridgehead atoms. The van der Waals surface area contributed by atoms with Crippen LogP contribution in [0.3, 0.4) is 0 Å². The van der Waals surface area contributed by atoms with E-state index in [0.29, 0.717) is 28.0 Å². The lowest BCUT2D eigenvalue weighted by Crippen LogP contribution is -2.12. The lowest BCUT2D eigenvalue weighted by molar-refractivity contribution is 0.102. The largest absolute Gasteiger partial charge is 0.486 e. The number of aryl methyl sites for hydroxylation is 1. The van der Waals surface area contributed by atoms with Crippen molar-refractivity contribution in [3.63, 3.8) is 0 Å². The third-order valence-electron chi connectivity index (χ3n) is 3.35. The number of carbonyl (C=O) groups is 1. The summed E-state index contributed by atoms with van der Waals surface area (Å²) in [5, 5.41) is 4.34. The summed E-state index contributed by atoms with van der Waals surface area (Å²) in [7, 11) is 0. The fourth-order valence-electron chi connectivity index (χ4n) is 2.14. The normalized spacial score (nSPS) is 10.5. The molecule has 4 nitrogen and oxygen atoms in total. The molecule has 1 amide bonds. The van der Waals surface area contributed by atoms with Crippen LogP contribution < -0.4 is 10.1 Å². The molecular weight excluding hydrogens is 471 g/mol. The van der Waals surface area contributed by atoms with Gasteiger partial charge in [0.05, 0.1) is 11.4 Å². The minimum Gasteiger partial charge on any atom is -0.486 e. The van der Waals surface area contributed by atoms with Crippen molar-refractivity contribution in [2.24, 2.45) is 0 Å². The van der Waals surface area contributed by atoms with Crippen LogP contribution in [0.2, 0.25) is 5.02 Å². The molecule has 3 rings (SSSR count). The molecule has 0 radical (unpaired) electrons. The maximum absolute atomic E-state index is 12.5. The first-order valence-corrected chi connectivity index (χ1v) is 9.71. The quantitative estimate of drug-likeness (QED) is 0.484. The number of carbonyl (C=O) groups excluding carboxylic acids is 1. The summed E-state index contributed by atoms with van der Waals surface area (Å²) in [6, 6.07) is 14.8. The standard InChI is InChI=1S/C18H14ClIN2O2S/c1-11-17(18(23)22-15-5-3-2-4-14(15)20)25-16(21-11)10-24-13-8-6-12(19)7-9-13/h2-9H,10H2,1H3,(H,22,23). The van der Waals surface area contributed by atoms with E-state index < -0.39 is 0 Å². The summed E-state index contributed by atoms with van der Waals surface area (Å²) in [5.74, 6) is 0.555. The van der Waals surface area contributed by atoms with Crippen molar-refractivity contribution in [2.45, 2.75) is 13.5 Å². The highest BCUT2D eigenvalue weighted by atomic mass is 127. The Bertz CT molecular complexity index is 896. The molecule has 7 heteroatoms. The smallest absolute Gasteiger partial charge is 0.267 e. The van der Waals surface area contributed by atoms with Crippen molar-refractivity contribution in [1.29, 1.82) is 0 Å². The molecule has 0 unspecified atom stereocenters. The summed E-state index contributed by atoms with van der Waals surface area (Å²) in [6.45, 7) is 2.14. The number of anilines is 1. The Morgan fingerprint density at radius 3 is 2.68 bits per heavy atom. The van der Waals surface area contributed by atoms with Crippen molar-refractivity contribution in [3.8, 4) is 5.75 Å². The first-order valence-electron chi connectivity index (χ1n) is 7.43. The number of halogens is 2. The molecular formula is C18H14ClIN2O2S. The van der Waals surface area contributed by atoms with Gasteiger partial charge >= 0.3 is 0 Å². The lowest BCUT2D eigenvalue weighted by atomic mass is 10.3. The molecule has 0 saturated carbocycles. The molecule has 0 fully saturated rings. The van der Waals surface area contributed by atoms with Crippen LogP contribution in [0.1, 0.15) is 20.4 Å². The number of para-hydroxylation sites is 1. The predicted octanol–water partition coefficient (Wildman–Crippen LogP) is 5.54. The van der Waals surface area contributed by atoms with E-state index in [4.69, 9.17) is 16.3 Å². The first kappa shape index (κ1) is 18.2. The van der Waals surface area contributed by atoms with Gasteiger partial charge in [0.25, 0.3) is 5.91 Å². The van der Waals surface area contributed by atoms with Gasteiger partial charge in [0, 0.05) is 8.59 Å². The van der Waals surface area contributed by atoms with Crippen LogP contribution in [0.15, 0.2) is 48.5 Å². The Balaban J connectivity index is 1.68. The SMILES string of the molecule is Cc1nc(COc2ccc(Cl)cc2)sc1C(=O)Nc1ccccc1I. The van der Waals surface area contributed by atoms with Gasteiger partial charge < -0.3 is 10.1 Å². The number of hydrogen-bond donors (Lipinski definition) is 1. The van der Waals surface area contributed by atoms with Crippen molar-refractivity contribution in [2.75, 3.05) is 5.32 Å². The van der Waals surface area contributed by atoms with Crippen LogP contribution in [0, 0.1) is 10.5 Å². The highest BCUT2D eigenvalue weighted by Gasteiger charge is 2.16. The average Bonchev–Trinajstić information content (AvgIpc) is 2.97. The molecule has 25 heavy (non-hydrogen) atoms. The van der Waals surface area contributed by atoms with E-state index in [2.05, 4.69) is 32.9 Å². The zero-order valence-electron chi connectivity index (χ0n) is 13.3. The molecule has 0 spiro atoms. The molecule has 2 aromatic carbocycles. The maximum atomic E-state index is 12.5. The van der Waals surface area contributed by atoms with Crippen LogP contribution in [0.25, 0.3) is 0 Å². The highest BCUT2D eigenvalue weighted by Crippen LogP contribution is 2.24. The monoisotopic (exact) mass is 484 g/mol. The molecule has 1 N–H and O–H groups in total. The van der Waals surface area contributed by atoms with Crippen LogP contribution >= 0.6 is 45.5 Å². The number of thiazole rings is 1. The van der Waals surface area contributed by atoms with E-state index in [0.717, 1.165) is 14.3 Å². The van der Waals surface area contributed by atoms with Crippen molar-refractivity contribution >= 4 is 57.1 Å². The lowest BCUT2D eigenvalue weighted by Gasteiger charge is -2.06. The van der Waals surface area contributed by atoms with Gasteiger partial charge in [-0.05, 0) is 65.9 Å². The van der Waals surface area contributed by atoms with Crippen LogP contribution in [0.5, 0.6) is 5.75 Å². The van der Waals surface area contributed by atoms with E-state index in [1.807, 2.05) is 31.2 Å². The van der Waals surface area contributed by atoms with Gasteiger partial charge in [-0.2, -0.15) is 0 Å². The van der Waals surface area contributed by atoms with Crippen LogP contribution in [-0.2, 0) is 6.61 Å². The molecule has 0 atom stereocenters. The van der Waals surface area contributed by atoms with E-state index >= 15 is 0 Å². The van der Waals surface area contributed by atoms with Crippen molar-refractivity contribution < 1.29 is 9.53 Å². The van der Waals surface area contributed by atoms with E-state index in [1.165, 1.54) is 11.3 Å². The number of rotatable bonds is 5. The topological polar surface area (TPSA) is 51.2 Å². The number of ether oxygens (including phenoxy) is 1. The summed E-state index contributed by atoms with van der Waals surface area (Å²) >= 11 is 9.39. The first-order chi connectivity index (χ1) is 12.0. The Kier molecular flexibility index (Phi) is 5.93. The van der Waals surface area contributed by atoms with Gasteiger partial charge in [-0.3, -0.25) is 4.79 Å². The third kappa shape index (κ3) is 4.71. The molecule has 1 heterocycles. The fourth-order valence-corrected chi connectivity index (χ4v) is 3.66. The summed E-state index contributed by atoms with van der Waals surface area (Å²) < 4.78 is 6.68. The van der Waals surface area contributed by atoms with Gasteiger partial charge in [-0.1, -0.05) is 23.7 Å². The second-order valence-electron chi connectivity index (χ2n) is 5.20. The summed E-state index contributed by atoms with van der Waals surface area (Å²) in [5.41, 5.74) is 1.49. The molecule has 0 saturated heterocycles. The number of hydrogen-bond acceptors (Lipinski definition) is 4. The Labute approximate surface area is 168 Å². The molecule has 0 aliphatic rings. The molecule has 128 valence electrons.